The molecule has 0 fully saturated rings. The van der Waals surface area contributed by atoms with E-state index in [1.807, 2.05) is 38.1 Å². The summed E-state index contributed by atoms with van der Waals surface area (Å²) in [6.07, 6.45) is -0.240. The number of rotatable bonds is 5. The third-order valence-electron chi connectivity index (χ3n) is 3.35. The van der Waals surface area contributed by atoms with Gasteiger partial charge in [-0.1, -0.05) is 42.5 Å². The maximum Gasteiger partial charge on any atom is 0.128 e. The maximum atomic E-state index is 13.6. The fraction of sp³-hybridized carbons (Fsp3) is 0.294. The average molecular weight is 273 g/mol. The first-order chi connectivity index (χ1) is 9.59. The molecule has 0 radical (unpaired) electrons. The highest BCUT2D eigenvalue weighted by atomic mass is 19.1. The van der Waals surface area contributed by atoms with Crippen molar-refractivity contribution in [3.05, 3.63) is 71.0 Å². The molecule has 0 saturated heterocycles. The zero-order valence-electron chi connectivity index (χ0n) is 11.8. The van der Waals surface area contributed by atoms with Crippen LogP contribution in [-0.4, -0.2) is 6.04 Å². The molecule has 0 aromatic heterocycles. The summed E-state index contributed by atoms with van der Waals surface area (Å²) in [5.74, 6) is -0.249. The van der Waals surface area contributed by atoms with Crippen LogP contribution >= 0.6 is 0 Å². The van der Waals surface area contributed by atoms with Crippen LogP contribution in [0.2, 0.25) is 0 Å². The van der Waals surface area contributed by atoms with Gasteiger partial charge in [0.1, 0.15) is 5.82 Å². The van der Waals surface area contributed by atoms with Gasteiger partial charge in [0.05, 0.1) is 12.7 Å². The highest BCUT2D eigenvalue weighted by Gasteiger charge is 2.19. The van der Waals surface area contributed by atoms with Crippen molar-refractivity contribution in [1.29, 1.82) is 0 Å². The molecule has 0 bridgehead atoms. The average Bonchev–Trinajstić information content (AvgIpc) is 2.42. The molecule has 3 heteroatoms. The molecule has 0 aliphatic rings. The minimum atomic E-state index is -0.249. The van der Waals surface area contributed by atoms with Gasteiger partial charge in [0, 0.05) is 11.6 Å². The predicted octanol–water partition coefficient (Wildman–Crippen LogP) is 3.74. The van der Waals surface area contributed by atoms with Crippen LogP contribution in [0.5, 0.6) is 0 Å². The Morgan fingerprint density at radius 1 is 1.10 bits per heavy atom. The van der Waals surface area contributed by atoms with Crippen LogP contribution in [-0.2, 0) is 11.3 Å². The van der Waals surface area contributed by atoms with Gasteiger partial charge >= 0.3 is 0 Å². The Hall–Kier alpha value is -1.71. The summed E-state index contributed by atoms with van der Waals surface area (Å²) in [5, 5.41) is 0. The molecular formula is C17H20FNO. The number of nitrogens with two attached hydrogens (primary N) is 1. The molecule has 2 aromatic rings. The third kappa shape index (κ3) is 3.44. The monoisotopic (exact) mass is 273 g/mol. The second-order valence-corrected chi connectivity index (χ2v) is 5.04. The van der Waals surface area contributed by atoms with E-state index < -0.39 is 0 Å². The van der Waals surface area contributed by atoms with Crippen molar-refractivity contribution in [3.63, 3.8) is 0 Å². The van der Waals surface area contributed by atoms with Gasteiger partial charge in [-0.15, -0.1) is 0 Å². The van der Waals surface area contributed by atoms with Gasteiger partial charge in [-0.3, -0.25) is 0 Å². The Labute approximate surface area is 119 Å². The van der Waals surface area contributed by atoms with E-state index in [4.69, 9.17) is 10.5 Å². The van der Waals surface area contributed by atoms with Crippen molar-refractivity contribution in [2.45, 2.75) is 32.6 Å². The van der Waals surface area contributed by atoms with Gasteiger partial charge in [-0.05, 0) is 31.0 Å². The fourth-order valence-corrected chi connectivity index (χ4v) is 2.23. The van der Waals surface area contributed by atoms with E-state index >= 15 is 0 Å². The van der Waals surface area contributed by atoms with Gasteiger partial charge in [-0.25, -0.2) is 4.39 Å². The van der Waals surface area contributed by atoms with Gasteiger partial charge in [0.25, 0.3) is 0 Å². The number of hydrogen-bond donors (Lipinski definition) is 1. The first kappa shape index (κ1) is 14.7. The van der Waals surface area contributed by atoms with Gasteiger partial charge < -0.3 is 10.5 Å². The summed E-state index contributed by atoms with van der Waals surface area (Å²) in [5.41, 5.74) is 8.75. The molecule has 2 rings (SSSR count). The van der Waals surface area contributed by atoms with Crippen molar-refractivity contribution in [2.75, 3.05) is 0 Å². The lowest BCUT2D eigenvalue weighted by molar-refractivity contribution is 0.0241. The van der Waals surface area contributed by atoms with Crippen LogP contribution in [0.3, 0.4) is 0 Å². The molecule has 0 aliphatic heterocycles. The number of aryl methyl sites for hydroxylation is 1. The summed E-state index contributed by atoms with van der Waals surface area (Å²) in [6.45, 7) is 4.14. The molecule has 0 heterocycles. The Kier molecular flexibility index (Phi) is 4.88. The fourth-order valence-electron chi connectivity index (χ4n) is 2.23. The van der Waals surface area contributed by atoms with Crippen molar-refractivity contribution < 1.29 is 9.13 Å². The Morgan fingerprint density at radius 3 is 2.40 bits per heavy atom. The van der Waals surface area contributed by atoms with Crippen LogP contribution in [0.1, 0.15) is 29.7 Å². The van der Waals surface area contributed by atoms with Crippen LogP contribution in [0.15, 0.2) is 48.5 Å². The molecular weight excluding hydrogens is 253 g/mol. The van der Waals surface area contributed by atoms with Crippen LogP contribution in [0.4, 0.5) is 4.39 Å². The minimum Gasteiger partial charge on any atom is -0.367 e. The van der Waals surface area contributed by atoms with E-state index in [0.717, 1.165) is 11.1 Å². The number of benzene rings is 2. The standard InChI is InChI=1S/C17H20FNO/c1-12-7-3-5-9-15(12)17(13(2)19)20-11-14-8-4-6-10-16(14)18/h3-10,13,17H,11,19H2,1-2H3. The van der Waals surface area contributed by atoms with Crippen molar-refractivity contribution in [3.8, 4) is 0 Å². The quantitative estimate of drug-likeness (QED) is 0.900. The summed E-state index contributed by atoms with van der Waals surface area (Å²) in [4.78, 5) is 0. The first-order valence-corrected chi connectivity index (χ1v) is 6.75. The molecule has 2 N–H and O–H groups in total. The van der Waals surface area contributed by atoms with Gasteiger partial charge in [0.15, 0.2) is 0 Å². The molecule has 2 aromatic carbocycles. The number of ether oxygens (including phenoxy) is 1. The number of halogens is 1. The summed E-state index contributed by atoms with van der Waals surface area (Å²) in [7, 11) is 0. The zero-order chi connectivity index (χ0) is 14.5. The third-order valence-corrected chi connectivity index (χ3v) is 3.35. The van der Waals surface area contributed by atoms with Crippen LogP contribution < -0.4 is 5.73 Å². The molecule has 0 saturated carbocycles. The Morgan fingerprint density at radius 2 is 1.75 bits per heavy atom. The van der Waals surface area contributed by atoms with Crippen molar-refractivity contribution in [2.24, 2.45) is 5.73 Å². The van der Waals surface area contributed by atoms with Crippen molar-refractivity contribution in [1.82, 2.24) is 0 Å². The SMILES string of the molecule is Cc1ccccc1C(OCc1ccccc1F)C(C)N. The highest BCUT2D eigenvalue weighted by Crippen LogP contribution is 2.25. The van der Waals surface area contributed by atoms with Crippen LogP contribution in [0, 0.1) is 12.7 Å². The van der Waals surface area contributed by atoms with E-state index in [1.54, 1.807) is 18.2 Å². The second kappa shape index (κ2) is 6.64. The Balaban J connectivity index is 2.15. The molecule has 2 unspecified atom stereocenters. The smallest absolute Gasteiger partial charge is 0.128 e. The summed E-state index contributed by atoms with van der Waals surface area (Å²) in [6, 6.07) is 14.4. The highest BCUT2D eigenvalue weighted by molar-refractivity contribution is 5.29. The topological polar surface area (TPSA) is 35.2 Å². The number of hydrogen-bond acceptors (Lipinski definition) is 2. The normalized spacial score (nSPS) is 14.0. The van der Waals surface area contributed by atoms with Crippen molar-refractivity contribution >= 4 is 0 Å². The minimum absolute atomic E-state index is 0.164. The first-order valence-electron chi connectivity index (χ1n) is 6.75. The molecule has 2 atom stereocenters. The van der Waals surface area contributed by atoms with E-state index in [0.29, 0.717) is 5.56 Å². The zero-order valence-corrected chi connectivity index (χ0v) is 11.8. The Bertz CT molecular complexity index is 568. The summed E-state index contributed by atoms with van der Waals surface area (Å²) < 4.78 is 19.5. The molecule has 20 heavy (non-hydrogen) atoms. The molecule has 2 nitrogen and oxygen atoms in total. The van der Waals surface area contributed by atoms with Gasteiger partial charge in [0.2, 0.25) is 0 Å². The molecule has 106 valence electrons. The molecule has 0 amide bonds. The van der Waals surface area contributed by atoms with Gasteiger partial charge in [-0.2, -0.15) is 0 Å². The van der Waals surface area contributed by atoms with Crippen LogP contribution in [0.25, 0.3) is 0 Å². The predicted molar refractivity (Wildman–Crippen MR) is 78.8 cm³/mol. The largest absolute Gasteiger partial charge is 0.367 e. The molecule has 0 spiro atoms. The van der Waals surface area contributed by atoms with E-state index in [9.17, 15) is 4.39 Å². The summed E-state index contributed by atoms with van der Waals surface area (Å²) >= 11 is 0. The van der Waals surface area contributed by atoms with E-state index in [1.165, 1.54) is 6.07 Å². The molecule has 0 aliphatic carbocycles. The van der Waals surface area contributed by atoms with E-state index in [2.05, 4.69) is 0 Å². The lowest BCUT2D eigenvalue weighted by atomic mass is 9.99. The second-order valence-electron chi connectivity index (χ2n) is 5.04. The van der Waals surface area contributed by atoms with E-state index in [-0.39, 0.29) is 24.6 Å². The lowest BCUT2D eigenvalue weighted by Gasteiger charge is -2.23. The lowest BCUT2D eigenvalue weighted by Crippen LogP contribution is -2.27. The maximum absolute atomic E-state index is 13.6.